The van der Waals surface area contributed by atoms with Gasteiger partial charge in [-0.2, -0.15) is 0 Å². The number of likely N-dealkylation sites (tertiary alicyclic amines) is 1. The van der Waals surface area contributed by atoms with Crippen molar-refractivity contribution in [3.63, 3.8) is 0 Å². The molecule has 2 nitrogen and oxygen atoms in total. The van der Waals surface area contributed by atoms with Gasteiger partial charge in [0.1, 0.15) is 5.75 Å². The van der Waals surface area contributed by atoms with E-state index in [2.05, 4.69) is 54.5 Å². The van der Waals surface area contributed by atoms with Crippen molar-refractivity contribution in [2.75, 3.05) is 20.7 Å². The molecule has 1 fully saturated rings. The molecule has 1 aromatic rings. The van der Waals surface area contributed by atoms with Gasteiger partial charge in [-0.15, -0.1) is 0 Å². The molecular weight excluding hydrogens is 246 g/mol. The highest BCUT2D eigenvalue weighted by Gasteiger charge is 2.50. The van der Waals surface area contributed by atoms with Crippen LogP contribution in [0, 0.1) is 5.92 Å². The first-order valence-corrected chi connectivity index (χ1v) is 7.48. The van der Waals surface area contributed by atoms with Gasteiger partial charge in [-0.1, -0.05) is 30.4 Å². The van der Waals surface area contributed by atoms with Gasteiger partial charge in [-0.3, -0.25) is 0 Å². The molecule has 20 heavy (non-hydrogen) atoms. The van der Waals surface area contributed by atoms with Crippen LogP contribution in [0.4, 0.5) is 0 Å². The van der Waals surface area contributed by atoms with Crippen molar-refractivity contribution in [1.82, 2.24) is 4.90 Å². The standard InChI is InChI=1S/C18H21NO/c1-19-10-9-18-8-4-3-5-15(18)17(19)11-13-6-7-14(20-2)12-16(13)18/h3-8,12,15,17H,9-11H2,1-2H3. The Morgan fingerprint density at radius 1 is 1.30 bits per heavy atom. The molecule has 1 heterocycles. The fraction of sp³-hybridized carbons (Fsp3) is 0.444. The Hall–Kier alpha value is -1.54. The second-order valence-electron chi connectivity index (χ2n) is 6.34. The third-order valence-corrected chi connectivity index (χ3v) is 5.52. The van der Waals surface area contributed by atoms with Crippen LogP contribution in [-0.2, 0) is 11.8 Å². The topological polar surface area (TPSA) is 12.5 Å². The number of hydrogen-bond donors (Lipinski definition) is 0. The molecule has 1 saturated heterocycles. The van der Waals surface area contributed by atoms with E-state index in [1.54, 1.807) is 7.11 Å². The van der Waals surface area contributed by atoms with Gasteiger partial charge in [-0.25, -0.2) is 0 Å². The van der Waals surface area contributed by atoms with Crippen LogP contribution in [0.25, 0.3) is 0 Å². The molecule has 4 rings (SSSR count). The van der Waals surface area contributed by atoms with Crippen LogP contribution in [0.2, 0.25) is 0 Å². The minimum Gasteiger partial charge on any atom is -0.497 e. The van der Waals surface area contributed by atoms with Crippen molar-refractivity contribution >= 4 is 0 Å². The Labute approximate surface area is 120 Å². The van der Waals surface area contributed by atoms with Gasteiger partial charge in [0, 0.05) is 17.4 Å². The Morgan fingerprint density at radius 3 is 3.05 bits per heavy atom. The predicted molar refractivity (Wildman–Crippen MR) is 81.2 cm³/mol. The molecule has 0 amide bonds. The number of benzene rings is 1. The zero-order chi connectivity index (χ0) is 13.7. The maximum absolute atomic E-state index is 5.46. The lowest BCUT2D eigenvalue weighted by atomic mass is 9.56. The zero-order valence-corrected chi connectivity index (χ0v) is 12.2. The number of ether oxygens (including phenoxy) is 1. The van der Waals surface area contributed by atoms with Gasteiger partial charge in [0.25, 0.3) is 0 Å². The van der Waals surface area contributed by atoms with E-state index in [1.807, 2.05) is 0 Å². The van der Waals surface area contributed by atoms with Crippen molar-refractivity contribution in [2.24, 2.45) is 5.92 Å². The van der Waals surface area contributed by atoms with Crippen molar-refractivity contribution in [3.8, 4) is 5.75 Å². The fourth-order valence-corrected chi connectivity index (χ4v) is 4.42. The number of methoxy groups -OCH3 is 1. The molecule has 2 bridgehead atoms. The summed E-state index contributed by atoms with van der Waals surface area (Å²) in [7, 11) is 4.03. The normalized spacial score (nSPS) is 34.5. The monoisotopic (exact) mass is 267 g/mol. The highest BCUT2D eigenvalue weighted by molar-refractivity contribution is 5.50. The summed E-state index contributed by atoms with van der Waals surface area (Å²) in [5.74, 6) is 1.59. The summed E-state index contributed by atoms with van der Waals surface area (Å²) < 4.78 is 5.46. The zero-order valence-electron chi connectivity index (χ0n) is 12.2. The fourth-order valence-electron chi connectivity index (χ4n) is 4.42. The van der Waals surface area contributed by atoms with Gasteiger partial charge in [0.05, 0.1) is 7.11 Å². The Balaban J connectivity index is 1.93. The van der Waals surface area contributed by atoms with Gasteiger partial charge >= 0.3 is 0 Å². The second kappa shape index (κ2) is 4.23. The molecule has 0 N–H and O–H groups in total. The minimum absolute atomic E-state index is 0.189. The minimum atomic E-state index is 0.189. The Morgan fingerprint density at radius 2 is 2.20 bits per heavy atom. The van der Waals surface area contributed by atoms with E-state index in [9.17, 15) is 0 Å². The van der Waals surface area contributed by atoms with Gasteiger partial charge in [-0.05, 0) is 49.7 Å². The summed E-state index contributed by atoms with van der Waals surface area (Å²) in [6.45, 7) is 1.18. The smallest absolute Gasteiger partial charge is 0.119 e. The van der Waals surface area contributed by atoms with Crippen LogP contribution >= 0.6 is 0 Å². The van der Waals surface area contributed by atoms with Crippen molar-refractivity contribution in [1.29, 1.82) is 0 Å². The number of piperidine rings is 1. The first kappa shape index (κ1) is 12.2. The first-order chi connectivity index (χ1) is 9.74. The Bertz CT molecular complexity index is 603. The molecule has 3 aliphatic rings. The summed E-state index contributed by atoms with van der Waals surface area (Å²) in [6.07, 6.45) is 11.7. The summed E-state index contributed by atoms with van der Waals surface area (Å²) >= 11 is 0. The quantitative estimate of drug-likeness (QED) is 0.775. The molecule has 0 spiro atoms. The van der Waals surface area contributed by atoms with E-state index >= 15 is 0 Å². The average Bonchev–Trinajstić information content (AvgIpc) is 2.50. The molecule has 2 heteroatoms. The number of allylic oxidation sites excluding steroid dienone is 3. The summed E-state index contributed by atoms with van der Waals surface area (Å²) in [5.41, 5.74) is 3.18. The van der Waals surface area contributed by atoms with Gasteiger partial charge in [0.2, 0.25) is 0 Å². The number of fused-ring (bicyclic) bond motifs is 1. The second-order valence-corrected chi connectivity index (χ2v) is 6.34. The SMILES string of the molecule is COc1ccc2c(c1)C13C=CC=CC1C(C2)N(C)CC3. The van der Waals surface area contributed by atoms with Crippen LogP contribution in [0.3, 0.4) is 0 Å². The number of rotatable bonds is 1. The molecule has 2 aliphatic carbocycles. The maximum atomic E-state index is 5.46. The third-order valence-electron chi connectivity index (χ3n) is 5.52. The number of likely N-dealkylation sites (N-methyl/N-ethyl adjacent to an activating group) is 1. The summed E-state index contributed by atoms with van der Waals surface area (Å²) in [5, 5.41) is 0. The van der Waals surface area contributed by atoms with Crippen molar-refractivity contribution < 1.29 is 4.74 Å². The molecule has 0 saturated carbocycles. The first-order valence-electron chi connectivity index (χ1n) is 7.48. The van der Waals surface area contributed by atoms with Crippen LogP contribution < -0.4 is 4.74 Å². The van der Waals surface area contributed by atoms with Gasteiger partial charge in [0.15, 0.2) is 0 Å². The maximum Gasteiger partial charge on any atom is 0.119 e. The molecule has 0 radical (unpaired) electrons. The highest BCUT2D eigenvalue weighted by Crippen LogP contribution is 2.52. The predicted octanol–water partition coefficient (Wildman–Crippen LogP) is 2.94. The molecule has 0 aromatic heterocycles. The van der Waals surface area contributed by atoms with Crippen molar-refractivity contribution in [3.05, 3.63) is 53.6 Å². The molecular formula is C18H21NO. The van der Waals surface area contributed by atoms with E-state index in [1.165, 1.54) is 24.1 Å². The van der Waals surface area contributed by atoms with E-state index in [0.717, 1.165) is 12.2 Å². The lowest BCUT2D eigenvalue weighted by molar-refractivity contribution is 0.0798. The average molecular weight is 267 g/mol. The molecule has 1 aliphatic heterocycles. The largest absolute Gasteiger partial charge is 0.497 e. The lowest BCUT2D eigenvalue weighted by Crippen LogP contribution is -2.57. The van der Waals surface area contributed by atoms with Crippen LogP contribution in [0.5, 0.6) is 5.75 Å². The highest BCUT2D eigenvalue weighted by atomic mass is 16.5. The van der Waals surface area contributed by atoms with E-state index in [4.69, 9.17) is 4.74 Å². The summed E-state index contributed by atoms with van der Waals surface area (Å²) in [4.78, 5) is 2.54. The molecule has 1 aromatic carbocycles. The number of nitrogens with zero attached hydrogens (tertiary/aromatic N) is 1. The lowest BCUT2D eigenvalue weighted by Gasteiger charge is -2.55. The van der Waals surface area contributed by atoms with Crippen molar-refractivity contribution in [2.45, 2.75) is 24.3 Å². The summed E-state index contributed by atoms with van der Waals surface area (Å²) in [6, 6.07) is 7.27. The van der Waals surface area contributed by atoms with E-state index in [0.29, 0.717) is 12.0 Å². The van der Waals surface area contributed by atoms with E-state index in [-0.39, 0.29) is 5.41 Å². The van der Waals surface area contributed by atoms with Crippen LogP contribution in [0.15, 0.2) is 42.5 Å². The molecule has 3 atom stereocenters. The Kier molecular flexibility index (Phi) is 2.58. The van der Waals surface area contributed by atoms with Crippen LogP contribution in [0.1, 0.15) is 17.5 Å². The van der Waals surface area contributed by atoms with Gasteiger partial charge < -0.3 is 9.64 Å². The molecule has 104 valence electrons. The van der Waals surface area contributed by atoms with Crippen LogP contribution in [-0.4, -0.2) is 31.6 Å². The van der Waals surface area contributed by atoms with E-state index < -0.39 is 0 Å². The third kappa shape index (κ3) is 1.49. The number of hydrogen-bond acceptors (Lipinski definition) is 2. The molecule has 3 unspecified atom stereocenters.